The highest BCUT2D eigenvalue weighted by Crippen LogP contribution is 2.32. The number of nitrogens with one attached hydrogen (secondary N) is 1. The first-order chi connectivity index (χ1) is 11.1. The molecule has 1 amide bonds. The molecule has 126 valence electrons. The number of fused-ring (bicyclic) bond motifs is 1. The number of amides is 1. The minimum absolute atomic E-state index is 0.0285. The Morgan fingerprint density at radius 1 is 1.17 bits per heavy atom. The normalized spacial score (nSPS) is 24.8. The summed E-state index contributed by atoms with van der Waals surface area (Å²) in [6.07, 6.45) is 2.13. The summed E-state index contributed by atoms with van der Waals surface area (Å²) in [4.78, 5) is 14.6. The van der Waals surface area contributed by atoms with Crippen LogP contribution < -0.4 is 14.8 Å². The maximum atomic E-state index is 12.3. The fourth-order valence-corrected chi connectivity index (χ4v) is 3.57. The van der Waals surface area contributed by atoms with Crippen LogP contribution in [0.4, 0.5) is 5.69 Å². The molecule has 0 aromatic heterocycles. The van der Waals surface area contributed by atoms with E-state index in [1.165, 1.54) is 6.42 Å². The van der Waals surface area contributed by atoms with Gasteiger partial charge in [-0.05, 0) is 30.4 Å². The first-order valence-corrected chi connectivity index (χ1v) is 8.52. The number of hydrogen-bond donors (Lipinski definition) is 1. The highest BCUT2D eigenvalue weighted by atomic mass is 16.5. The molecular weight excluding hydrogens is 292 g/mol. The minimum Gasteiger partial charge on any atom is -0.490 e. The fraction of sp³-hybridized carbons (Fsp3) is 0.611. The van der Waals surface area contributed by atoms with E-state index in [-0.39, 0.29) is 5.91 Å². The minimum atomic E-state index is 0.0285. The molecule has 2 heterocycles. The molecule has 0 saturated carbocycles. The van der Waals surface area contributed by atoms with Crippen molar-refractivity contribution in [3.8, 4) is 11.5 Å². The number of benzene rings is 1. The number of nitrogens with zero attached hydrogens (tertiary/aromatic N) is 1. The van der Waals surface area contributed by atoms with Crippen molar-refractivity contribution >= 4 is 11.6 Å². The van der Waals surface area contributed by atoms with Gasteiger partial charge in [0.2, 0.25) is 5.91 Å². The third kappa shape index (κ3) is 4.38. The van der Waals surface area contributed by atoms with Crippen LogP contribution in [-0.4, -0.2) is 43.7 Å². The van der Waals surface area contributed by atoms with Crippen LogP contribution >= 0.6 is 0 Å². The van der Waals surface area contributed by atoms with Crippen molar-refractivity contribution in [3.05, 3.63) is 18.2 Å². The van der Waals surface area contributed by atoms with Gasteiger partial charge in [-0.25, -0.2) is 0 Å². The highest BCUT2D eigenvalue weighted by molar-refractivity contribution is 5.92. The molecule has 1 aromatic carbocycles. The van der Waals surface area contributed by atoms with E-state index in [1.807, 2.05) is 18.2 Å². The van der Waals surface area contributed by atoms with Gasteiger partial charge in [-0.1, -0.05) is 13.8 Å². The smallest absolute Gasteiger partial charge is 0.238 e. The van der Waals surface area contributed by atoms with Gasteiger partial charge in [0.25, 0.3) is 0 Å². The number of hydrogen-bond acceptors (Lipinski definition) is 4. The first kappa shape index (κ1) is 16.1. The second kappa shape index (κ2) is 7.21. The first-order valence-electron chi connectivity index (χ1n) is 8.52. The topological polar surface area (TPSA) is 50.8 Å². The van der Waals surface area contributed by atoms with E-state index in [4.69, 9.17) is 9.47 Å². The molecule has 1 N–H and O–H groups in total. The van der Waals surface area contributed by atoms with Crippen LogP contribution in [0.2, 0.25) is 0 Å². The van der Waals surface area contributed by atoms with Gasteiger partial charge in [-0.3, -0.25) is 9.69 Å². The third-order valence-corrected chi connectivity index (χ3v) is 4.34. The monoisotopic (exact) mass is 318 g/mol. The maximum absolute atomic E-state index is 12.3. The van der Waals surface area contributed by atoms with E-state index in [0.717, 1.165) is 30.9 Å². The lowest BCUT2D eigenvalue weighted by Gasteiger charge is -2.34. The molecular formula is C18H26N2O3. The molecule has 2 aliphatic rings. The Kier molecular flexibility index (Phi) is 5.06. The van der Waals surface area contributed by atoms with Crippen molar-refractivity contribution in [1.82, 2.24) is 4.90 Å². The number of anilines is 1. The molecule has 1 aromatic rings. The number of likely N-dealkylation sites (tertiary alicyclic amines) is 1. The van der Waals surface area contributed by atoms with E-state index < -0.39 is 0 Å². The van der Waals surface area contributed by atoms with Gasteiger partial charge < -0.3 is 14.8 Å². The van der Waals surface area contributed by atoms with E-state index in [0.29, 0.717) is 37.3 Å². The molecule has 2 aliphatic heterocycles. The van der Waals surface area contributed by atoms with Crippen molar-refractivity contribution < 1.29 is 14.3 Å². The Morgan fingerprint density at radius 3 is 2.61 bits per heavy atom. The van der Waals surface area contributed by atoms with Crippen LogP contribution in [0.5, 0.6) is 11.5 Å². The van der Waals surface area contributed by atoms with E-state index in [9.17, 15) is 4.79 Å². The average molecular weight is 318 g/mol. The second-order valence-electron chi connectivity index (χ2n) is 6.90. The van der Waals surface area contributed by atoms with Crippen LogP contribution in [0.25, 0.3) is 0 Å². The van der Waals surface area contributed by atoms with Gasteiger partial charge in [0, 0.05) is 31.3 Å². The summed E-state index contributed by atoms with van der Waals surface area (Å²) in [5.41, 5.74) is 0.761. The zero-order chi connectivity index (χ0) is 16.2. The lowest BCUT2D eigenvalue weighted by Crippen LogP contribution is -2.42. The molecule has 5 heteroatoms. The predicted octanol–water partition coefficient (Wildman–Crippen LogP) is 2.76. The Hall–Kier alpha value is -1.75. The Bertz CT molecular complexity index is 551. The summed E-state index contributed by atoms with van der Waals surface area (Å²) < 4.78 is 11.3. The highest BCUT2D eigenvalue weighted by Gasteiger charge is 2.23. The Balaban J connectivity index is 1.58. The van der Waals surface area contributed by atoms with Crippen LogP contribution in [0.15, 0.2) is 18.2 Å². The van der Waals surface area contributed by atoms with Crippen molar-refractivity contribution in [1.29, 1.82) is 0 Å². The molecule has 2 atom stereocenters. The fourth-order valence-electron chi connectivity index (χ4n) is 3.57. The van der Waals surface area contributed by atoms with Crippen molar-refractivity contribution in [2.24, 2.45) is 11.8 Å². The zero-order valence-corrected chi connectivity index (χ0v) is 14.0. The molecule has 2 unspecified atom stereocenters. The van der Waals surface area contributed by atoms with E-state index >= 15 is 0 Å². The van der Waals surface area contributed by atoms with Crippen molar-refractivity contribution in [2.75, 3.05) is 38.2 Å². The van der Waals surface area contributed by atoms with Crippen LogP contribution in [0, 0.1) is 11.8 Å². The molecule has 0 aliphatic carbocycles. The van der Waals surface area contributed by atoms with Gasteiger partial charge in [-0.15, -0.1) is 0 Å². The lowest BCUT2D eigenvalue weighted by atomic mass is 9.92. The van der Waals surface area contributed by atoms with Gasteiger partial charge in [0.15, 0.2) is 11.5 Å². The van der Waals surface area contributed by atoms with Crippen molar-refractivity contribution in [2.45, 2.75) is 26.7 Å². The van der Waals surface area contributed by atoms with Gasteiger partial charge in [-0.2, -0.15) is 0 Å². The number of piperidine rings is 1. The number of carbonyl (C=O) groups is 1. The SMILES string of the molecule is CC1CC(C)CN(CC(=O)Nc2ccc3c(c2)OCCCO3)C1. The molecule has 0 bridgehead atoms. The second-order valence-corrected chi connectivity index (χ2v) is 6.90. The molecule has 3 rings (SSSR count). The zero-order valence-electron chi connectivity index (χ0n) is 14.0. The summed E-state index contributed by atoms with van der Waals surface area (Å²) >= 11 is 0. The molecule has 1 saturated heterocycles. The molecule has 1 fully saturated rings. The van der Waals surface area contributed by atoms with E-state index in [2.05, 4.69) is 24.1 Å². The van der Waals surface area contributed by atoms with Crippen LogP contribution in [0.1, 0.15) is 26.7 Å². The maximum Gasteiger partial charge on any atom is 0.238 e. The summed E-state index contributed by atoms with van der Waals surface area (Å²) in [6.45, 7) is 8.27. The molecule has 23 heavy (non-hydrogen) atoms. The predicted molar refractivity (Wildman–Crippen MR) is 90.1 cm³/mol. The number of carbonyl (C=O) groups excluding carboxylic acids is 1. The van der Waals surface area contributed by atoms with E-state index in [1.54, 1.807) is 0 Å². The van der Waals surface area contributed by atoms with Crippen LogP contribution in [0.3, 0.4) is 0 Å². The Labute approximate surface area is 137 Å². The third-order valence-electron chi connectivity index (χ3n) is 4.34. The largest absolute Gasteiger partial charge is 0.490 e. The van der Waals surface area contributed by atoms with Crippen molar-refractivity contribution in [3.63, 3.8) is 0 Å². The molecule has 0 radical (unpaired) electrons. The molecule has 0 spiro atoms. The summed E-state index contributed by atoms with van der Waals surface area (Å²) in [5, 5.41) is 2.97. The Morgan fingerprint density at radius 2 is 1.87 bits per heavy atom. The average Bonchev–Trinajstić information content (AvgIpc) is 2.70. The van der Waals surface area contributed by atoms with Gasteiger partial charge in [0.1, 0.15) is 0 Å². The summed E-state index contributed by atoms with van der Waals surface area (Å²) in [5.74, 6) is 2.80. The van der Waals surface area contributed by atoms with Crippen LogP contribution in [-0.2, 0) is 4.79 Å². The van der Waals surface area contributed by atoms with Gasteiger partial charge >= 0.3 is 0 Å². The summed E-state index contributed by atoms with van der Waals surface area (Å²) in [6, 6.07) is 5.58. The number of ether oxygens (including phenoxy) is 2. The quantitative estimate of drug-likeness (QED) is 0.931. The summed E-state index contributed by atoms with van der Waals surface area (Å²) in [7, 11) is 0. The molecule has 5 nitrogen and oxygen atoms in total. The standard InChI is InChI=1S/C18H26N2O3/c1-13-8-14(2)11-20(10-13)12-18(21)19-15-4-5-16-17(9-15)23-7-3-6-22-16/h4-5,9,13-14H,3,6-8,10-12H2,1-2H3,(H,19,21). The number of rotatable bonds is 3. The van der Waals surface area contributed by atoms with Gasteiger partial charge in [0.05, 0.1) is 19.8 Å². The lowest BCUT2D eigenvalue weighted by molar-refractivity contribution is -0.117.